The van der Waals surface area contributed by atoms with Gasteiger partial charge in [0.15, 0.2) is 5.78 Å². The second kappa shape index (κ2) is 8.36. The molecule has 0 atom stereocenters. The van der Waals surface area contributed by atoms with E-state index in [9.17, 15) is 14.7 Å². The first-order chi connectivity index (χ1) is 11.5. The van der Waals surface area contributed by atoms with Gasteiger partial charge in [-0.3, -0.25) is 9.59 Å². The summed E-state index contributed by atoms with van der Waals surface area (Å²) in [6.07, 6.45) is -0.0848. The topological polar surface area (TPSA) is 72.8 Å². The molecule has 0 spiro atoms. The van der Waals surface area contributed by atoms with Gasteiger partial charge in [0.1, 0.15) is 17.2 Å². The number of Topliss-reactive ketones (excluding diaryl/α,β-unsaturated/α-hetero) is 1. The van der Waals surface area contributed by atoms with Gasteiger partial charge in [-0.05, 0) is 43.3 Å². The minimum atomic E-state index is -0.448. The van der Waals surface area contributed by atoms with Crippen LogP contribution in [0.5, 0.6) is 17.2 Å². The Balaban J connectivity index is 2.10. The van der Waals surface area contributed by atoms with Gasteiger partial charge < -0.3 is 14.6 Å². The average molecular weight is 349 g/mol. The Labute approximate surface area is 144 Å². The van der Waals surface area contributed by atoms with Gasteiger partial charge >= 0.3 is 5.97 Å². The van der Waals surface area contributed by atoms with Gasteiger partial charge in [-0.15, -0.1) is 0 Å². The number of rotatable bonds is 7. The van der Waals surface area contributed by atoms with Gasteiger partial charge in [-0.25, -0.2) is 0 Å². The van der Waals surface area contributed by atoms with Crippen LogP contribution in [-0.4, -0.2) is 23.5 Å². The quantitative estimate of drug-likeness (QED) is 0.594. The summed E-state index contributed by atoms with van der Waals surface area (Å²) < 4.78 is 10.4. The van der Waals surface area contributed by atoms with Crippen molar-refractivity contribution in [2.45, 2.75) is 19.8 Å². The zero-order chi connectivity index (χ0) is 17.5. The second-order valence-corrected chi connectivity index (χ2v) is 5.40. The Kier molecular flexibility index (Phi) is 6.21. The number of phenols is 1. The molecule has 2 aromatic carbocycles. The average Bonchev–Trinajstić information content (AvgIpc) is 2.55. The first kappa shape index (κ1) is 17.8. The number of halogens is 1. The van der Waals surface area contributed by atoms with Crippen LogP contribution in [0.15, 0.2) is 42.5 Å². The predicted octanol–water partition coefficient (Wildman–Crippen LogP) is 4.36. The molecule has 0 aromatic heterocycles. The van der Waals surface area contributed by atoms with Crippen LogP contribution in [0.25, 0.3) is 0 Å². The van der Waals surface area contributed by atoms with Crippen LogP contribution in [0.4, 0.5) is 0 Å². The normalized spacial score (nSPS) is 10.2. The van der Waals surface area contributed by atoms with E-state index in [1.807, 2.05) is 0 Å². The van der Waals surface area contributed by atoms with E-state index in [4.69, 9.17) is 21.1 Å². The number of benzene rings is 2. The van der Waals surface area contributed by atoms with Crippen molar-refractivity contribution in [1.82, 2.24) is 0 Å². The lowest BCUT2D eigenvalue weighted by Gasteiger charge is -2.09. The fourth-order valence-corrected chi connectivity index (χ4v) is 2.23. The molecule has 0 heterocycles. The maximum Gasteiger partial charge on any atom is 0.306 e. The minimum Gasteiger partial charge on any atom is -0.507 e. The van der Waals surface area contributed by atoms with Crippen molar-refractivity contribution in [1.29, 1.82) is 0 Å². The highest BCUT2D eigenvalue weighted by atomic mass is 35.5. The Morgan fingerprint density at radius 2 is 1.83 bits per heavy atom. The third-order valence-corrected chi connectivity index (χ3v) is 3.40. The standard InChI is InChI=1S/C18H17ClO5/c1-2-23-18(22)9-8-17(21)15-11-14(6-7-16(15)20)24-13-5-3-4-12(19)10-13/h3-7,10-11,20H,2,8-9H2,1H3. The SMILES string of the molecule is CCOC(=O)CCC(=O)c1cc(Oc2cccc(Cl)c2)ccc1O. The molecule has 0 unspecified atom stereocenters. The van der Waals surface area contributed by atoms with E-state index in [0.717, 1.165) is 0 Å². The molecule has 2 aromatic rings. The molecule has 1 N–H and O–H groups in total. The highest BCUT2D eigenvalue weighted by molar-refractivity contribution is 6.30. The van der Waals surface area contributed by atoms with Crippen molar-refractivity contribution in [3.8, 4) is 17.2 Å². The minimum absolute atomic E-state index is 0.0362. The van der Waals surface area contributed by atoms with Crippen LogP contribution in [0.2, 0.25) is 5.02 Å². The third-order valence-electron chi connectivity index (χ3n) is 3.16. The van der Waals surface area contributed by atoms with Crippen molar-refractivity contribution in [3.63, 3.8) is 0 Å². The van der Waals surface area contributed by atoms with Gasteiger partial charge in [0.05, 0.1) is 18.6 Å². The first-order valence-corrected chi connectivity index (χ1v) is 7.82. The summed E-state index contributed by atoms with van der Waals surface area (Å²) >= 11 is 5.90. The number of carbonyl (C=O) groups is 2. The van der Waals surface area contributed by atoms with Crippen molar-refractivity contribution in [2.75, 3.05) is 6.61 Å². The number of ether oxygens (including phenoxy) is 2. The molecule has 2 rings (SSSR count). The molecule has 0 aliphatic rings. The summed E-state index contributed by atoms with van der Waals surface area (Å²) in [5.41, 5.74) is 0.0961. The van der Waals surface area contributed by atoms with Gasteiger partial charge in [0.2, 0.25) is 0 Å². The molecular weight excluding hydrogens is 332 g/mol. The van der Waals surface area contributed by atoms with Crippen LogP contribution in [0, 0.1) is 0 Å². The fraction of sp³-hybridized carbons (Fsp3) is 0.222. The van der Waals surface area contributed by atoms with Crippen LogP contribution >= 0.6 is 11.6 Å². The number of hydrogen-bond donors (Lipinski definition) is 1. The molecule has 0 saturated carbocycles. The van der Waals surface area contributed by atoms with E-state index < -0.39 is 5.97 Å². The van der Waals surface area contributed by atoms with Crippen molar-refractivity contribution >= 4 is 23.4 Å². The number of hydrogen-bond acceptors (Lipinski definition) is 5. The van der Waals surface area contributed by atoms with E-state index >= 15 is 0 Å². The highest BCUT2D eigenvalue weighted by Crippen LogP contribution is 2.29. The maximum absolute atomic E-state index is 12.2. The summed E-state index contributed by atoms with van der Waals surface area (Å²) in [7, 11) is 0. The monoisotopic (exact) mass is 348 g/mol. The Hall–Kier alpha value is -2.53. The molecule has 0 amide bonds. The first-order valence-electron chi connectivity index (χ1n) is 7.45. The molecule has 0 aliphatic heterocycles. The molecule has 0 saturated heterocycles. The molecule has 0 radical (unpaired) electrons. The van der Waals surface area contributed by atoms with E-state index in [0.29, 0.717) is 16.5 Å². The predicted molar refractivity (Wildman–Crippen MR) is 89.8 cm³/mol. The fourth-order valence-electron chi connectivity index (χ4n) is 2.05. The van der Waals surface area contributed by atoms with Crippen molar-refractivity contribution in [2.24, 2.45) is 0 Å². The van der Waals surface area contributed by atoms with Crippen LogP contribution in [-0.2, 0) is 9.53 Å². The number of carbonyl (C=O) groups excluding carboxylic acids is 2. The molecular formula is C18H17ClO5. The molecule has 5 nitrogen and oxygen atoms in total. The van der Waals surface area contributed by atoms with Crippen molar-refractivity contribution in [3.05, 3.63) is 53.1 Å². The lowest BCUT2D eigenvalue weighted by molar-refractivity contribution is -0.143. The zero-order valence-corrected chi connectivity index (χ0v) is 13.9. The van der Waals surface area contributed by atoms with E-state index in [-0.39, 0.29) is 36.5 Å². The van der Waals surface area contributed by atoms with E-state index in [1.165, 1.54) is 12.1 Å². The summed E-state index contributed by atoms with van der Waals surface area (Å²) in [5, 5.41) is 10.4. The lowest BCUT2D eigenvalue weighted by atomic mass is 10.1. The largest absolute Gasteiger partial charge is 0.507 e. The molecule has 0 bridgehead atoms. The number of aromatic hydroxyl groups is 1. The van der Waals surface area contributed by atoms with Crippen LogP contribution in [0.3, 0.4) is 0 Å². The molecule has 126 valence electrons. The summed E-state index contributed by atoms with van der Waals surface area (Å²) in [4.78, 5) is 23.5. The number of ketones is 1. The number of phenolic OH excluding ortho intramolecular Hbond substituents is 1. The lowest BCUT2D eigenvalue weighted by Crippen LogP contribution is -2.08. The third kappa shape index (κ3) is 4.99. The second-order valence-electron chi connectivity index (χ2n) is 4.97. The summed E-state index contributed by atoms with van der Waals surface area (Å²) in [6.45, 7) is 1.96. The highest BCUT2D eigenvalue weighted by Gasteiger charge is 2.15. The van der Waals surface area contributed by atoms with Crippen LogP contribution in [0.1, 0.15) is 30.1 Å². The molecule has 6 heteroatoms. The summed E-state index contributed by atoms with van der Waals surface area (Å²) in [6, 6.07) is 11.2. The Morgan fingerprint density at radius 3 is 2.54 bits per heavy atom. The smallest absolute Gasteiger partial charge is 0.306 e. The maximum atomic E-state index is 12.2. The molecule has 24 heavy (non-hydrogen) atoms. The van der Waals surface area contributed by atoms with Gasteiger partial charge in [-0.1, -0.05) is 17.7 Å². The zero-order valence-electron chi connectivity index (χ0n) is 13.1. The van der Waals surface area contributed by atoms with Crippen LogP contribution < -0.4 is 4.74 Å². The van der Waals surface area contributed by atoms with E-state index in [2.05, 4.69) is 0 Å². The van der Waals surface area contributed by atoms with Gasteiger partial charge in [0.25, 0.3) is 0 Å². The Morgan fingerprint density at radius 1 is 1.08 bits per heavy atom. The van der Waals surface area contributed by atoms with Gasteiger partial charge in [-0.2, -0.15) is 0 Å². The Bertz CT molecular complexity index is 742. The molecule has 0 fully saturated rings. The summed E-state index contributed by atoms with van der Waals surface area (Å²) in [5.74, 6) is -0.0799. The molecule has 0 aliphatic carbocycles. The van der Waals surface area contributed by atoms with Gasteiger partial charge in [0, 0.05) is 11.4 Å². The van der Waals surface area contributed by atoms with E-state index in [1.54, 1.807) is 37.3 Å². The van der Waals surface area contributed by atoms with Crippen molar-refractivity contribution < 1.29 is 24.2 Å². The number of esters is 1.